The molecule has 1 aliphatic carbocycles. The molecule has 1 nitrogen and oxygen atoms in total. The van der Waals surface area contributed by atoms with E-state index in [1.807, 2.05) is 0 Å². The van der Waals surface area contributed by atoms with Crippen molar-refractivity contribution in [3.05, 3.63) is 0 Å². The molecular formula is C10H20FN. The van der Waals surface area contributed by atoms with Gasteiger partial charge in [-0.3, -0.25) is 0 Å². The van der Waals surface area contributed by atoms with Gasteiger partial charge in [-0.2, -0.15) is 0 Å². The number of alkyl halides is 1. The molecule has 0 amide bonds. The fourth-order valence-electron chi connectivity index (χ4n) is 1.95. The fraction of sp³-hybridized carbons (Fsp3) is 1.00. The van der Waals surface area contributed by atoms with Crippen LogP contribution in [0.25, 0.3) is 0 Å². The molecule has 0 bridgehead atoms. The Morgan fingerprint density at radius 3 is 2.83 bits per heavy atom. The SMILES string of the molecule is CC1CCCC(NCCF)CC1. The van der Waals surface area contributed by atoms with Crippen molar-refractivity contribution in [2.75, 3.05) is 13.2 Å². The molecule has 0 radical (unpaired) electrons. The van der Waals surface area contributed by atoms with E-state index in [4.69, 9.17) is 0 Å². The summed E-state index contributed by atoms with van der Waals surface area (Å²) in [5.74, 6) is 0.877. The van der Waals surface area contributed by atoms with Gasteiger partial charge in [0.15, 0.2) is 0 Å². The smallest absolute Gasteiger partial charge is 0.102 e. The number of hydrogen-bond donors (Lipinski definition) is 1. The lowest BCUT2D eigenvalue weighted by Crippen LogP contribution is -2.30. The summed E-state index contributed by atoms with van der Waals surface area (Å²) in [5, 5.41) is 3.26. The Morgan fingerprint density at radius 2 is 2.08 bits per heavy atom. The van der Waals surface area contributed by atoms with E-state index >= 15 is 0 Å². The molecule has 0 aliphatic heterocycles. The quantitative estimate of drug-likeness (QED) is 0.647. The maximum atomic E-state index is 11.9. The first-order valence-electron chi connectivity index (χ1n) is 5.12. The Kier molecular flexibility index (Phi) is 4.59. The van der Waals surface area contributed by atoms with Crippen LogP contribution in [0.4, 0.5) is 4.39 Å². The van der Waals surface area contributed by atoms with Crippen LogP contribution in [0.1, 0.15) is 39.0 Å². The van der Waals surface area contributed by atoms with E-state index in [-0.39, 0.29) is 6.67 Å². The second-order valence-corrected chi connectivity index (χ2v) is 3.95. The van der Waals surface area contributed by atoms with Crippen LogP contribution >= 0.6 is 0 Å². The zero-order valence-corrected chi connectivity index (χ0v) is 7.98. The van der Waals surface area contributed by atoms with E-state index in [1.54, 1.807) is 0 Å². The van der Waals surface area contributed by atoms with Crippen LogP contribution in [-0.2, 0) is 0 Å². The average molecular weight is 173 g/mol. The lowest BCUT2D eigenvalue weighted by atomic mass is 10.0. The van der Waals surface area contributed by atoms with Crippen molar-refractivity contribution in [2.45, 2.75) is 45.1 Å². The van der Waals surface area contributed by atoms with Gasteiger partial charge in [-0.1, -0.05) is 19.8 Å². The summed E-state index contributed by atoms with van der Waals surface area (Å²) in [7, 11) is 0. The first-order chi connectivity index (χ1) is 5.83. The van der Waals surface area contributed by atoms with E-state index in [0.717, 1.165) is 5.92 Å². The van der Waals surface area contributed by atoms with Gasteiger partial charge >= 0.3 is 0 Å². The van der Waals surface area contributed by atoms with E-state index in [1.165, 1.54) is 32.1 Å². The summed E-state index contributed by atoms with van der Waals surface area (Å²) in [6.45, 7) is 2.63. The van der Waals surface area contributed by atoms with Crippen LogP contribution in [0.2, 0.25) is 0 Å². The van der Waals surface area contributed by atoms with Gasteiger partial charge < -0.3 is 5.32 Å². The summed E-state index contributed by atoms with van der Waals surface area (Å²) in [6, 6.07) is 0.589. The van der Waals surface area contributed by atoms with Gasteiger partial charge in [0.2, 0.25) is 0 Å². The van der Waals surface area contributed by atoms with Crippen molar-refractivity contribution in [1.29, 1.82) is 0 Å². The number of nitrogens with one attached hydrogen (secondary N) is 1. The zero-order valence-electron chi connectivity index (χ0n) is 7.98. The van der Waals surface area contributed by atoms with Crippen LogP contribution < -0.4 is 5.32 Å². The molecule has 0 aromatic heterocycles. The molecule has 1 saturated carbocycles. The van der Waals surface area contributed by atoms with Crippen molar-refractivity contribution in [1.82, 2.24) is 5.32 Å². The Hall–Kier alpha value is -0.110. The highest BCUT2D eigenvalue weighted by atomic mass is 19.1. The van der Waals surface area contributed by atoms with Crippen molar-refractivity contribution < 1.29 is 4.39 Å². The molecule has 1 N–H and O–H groups in total. The van der Waals surface area contributed by atoms with Gasteiger partial charge in [-0.25, -0.2) is 4.39 Å². The van der Waals surface area contributed by atoms with Gasteiger partial charge in [-0.05, 0) is 25.2 Å². The lowest BCUT2D eigenvalue weighted by Gasteiger charge is -2.14. The largest absolute Gasteiger partial charge is 0.311 e. The van der Waals surface area contributed by atoms with Crippen molar-refractivity contribution in [3.63, 3.8) is 0 Å². The minimum atomic E-state index is -0.230. The van der Waals surface area contributed by atoms with Crippen LogP contribution in [0.5, 0.6) is 0 Å². The highest BCUT2D eigenvalue weighted by Gasteiger charge is 2.14. The van der Waals surface area contributed by atoms with Gasteiger partial charge in [0.05, 0.1) is 0 Å². The third-order valence-electron chi connectivity index (χ3n) is 2.78. The zero-order chi connectivity index (χ0) is 8.81. The van der Waals surface area contributed by atoms with Crippen LogP contribution in [-0.4, -0.2) is 19.3 Å². The molecule has 2 heteroatoms. The number of hydrogen-bond acceptors (Lipinski definition) is 1. The van der Waals surface area contributed by atoms with E-state index in [0.29, 0.717) is 12.6 Å². The molecule has 72 valence electrons. The standard InChI is InChI=1S/C10H20FN/c1-9-3-2-4-10(6-5-9)12-8-7-11/h9-10,12H,2-8H2,1H3. The maximum Gasteiger partial charge on any atom is 0.102 e. The molecular weight excluding hydrogens is 153 g/mol. The molecule has 0 aromatic rings. The van der Waals surface area contributed by atoms with Crippen LogP contribution in [0, 0.1) is 5.92 Å². The van der Waals surface area contributed by atoms with E-state index in [9.17, 15) is 4.39 Å². The predicted octanol–water partition coefficient (Wildman–Crippen LogP) is 2.51. The summed E-state index contributed by atoms with van der Waals surface area (Å²) < 4.78 is 11.9. The molecule has 12 heavy (non-hydrogen) atoms. The van der Waals surface area contributed by atoms with Crippen LogP contribution in [0.3, 0.4) is 0 Å². The number of rotatable bonds is 3. The first-order valence-corrected chi connectivity index (χ1v) is 5.12. The van der Waals surface area contributed by atoms with Crippen molar-refractivity contribution in [3.8, 4) is 0 Å². The summed E-state index contributed by atoms with van der Waals surface area (Å²) in [6.07, 6.45) is 6.45. The summed E-state index contributed by atoms with van der Waals surface area (Å²) in [5.41, 5.74) is 0. The molecule has 1 aliphatic rings. The Morgan fingerprint density at radius 1 is 1.25 bits per heavy atom. The molecule has 0 saturated heterocycles. The Balaban J connectivity index is 2.17. The summed E-state index contributed by atoms with van der Waals surface area (Å²) in [4.78, 5) is 0. The number of halogens is 1. The van der Waals surface area contributed by atoms with E-state index in [2.05, 4.69) is 12.2 Å². The lowest BCUT2D eigenvalue weighted by molar-refractivity contribution is 0.402. The minimum Gasteiger partial charge on any atom is -0.311 e. The second kappa shape index (κ2) is 5.52. The van der Waals surface area contributed by atoms with E-state index < -0.39 is 0 Å². The van der Waals surface area contributed by atoms with Crippen molar-refractivity contribution in [2.24, 2.45) is 5.92 Å². The molecule has 2 unspecified atom stereocenters. The Bertz CT molecular complexity index is 114. The highest BCUT2D eigenvalue weighted by Crippen LogP contribution is 2.22. The molecule has 2 atom stereocenters. The highest BCUT2D eigenvalue weighted by molar-refractivity contribution is 4.72. The normalized spacial score (nSPS) is 31.5. The topological polar surface area (TPSA) is 12.0 Å². The fourth-order valence-corrected chi connectivity index (χ4v) is 1.95. The molecule has 0 spiro atoms. The summed E-state index contributed by atoms with van der Waals surface area (Å²) >= 11 is 0. The second-order valence-electron chi connectivity index (χ2n) is 3.95. The monoisotopic (exact) mass is 173 g/mol. The van der Waals surface area contributed by atoms with Crippen molar-refractivity contribution >= 4 is 0 Å². The molecule has 1 rings (SSSR count). The van der Waals surface area contributed by atoms with Gasteiger partial charge in [-0.15, -0.1) is 0 Å². The minimum absolute atomic E-state index is 0.230. The van der Waals surface area contributed by atoms with Gasteiger partial charge in [0, 0.05) is 12.6 Å². The third-order valence-corrected chi connectivity index (χ3v) is 2.78. The first kappa shape index (κ1) is 9.97. The predicted molar refractivity (Wildman–Crippen MR) is 50.0 cm³/mol. The average Bonchev–Trinajstić information content (AvgIpc) is 2.27. The maximum absolute atomic E-state index is 11.9. The molecule has 0 aromatic carbocycles. The third kappa shape index (κ3) is 3.53. The van der Waals surface area contributed by atoms with Gasteiger partial charge in [0.25, 0.3) is 0 Å². The Labute approximate surface area is 74.7 Å². The van der Waals surface area contributed by atoms with Crippen LogP contribution in [0.15, 0.2) is 0 Å². The molecule has 0 heterocycles. The van der Waals surface area contributed by atoms with Gasteiger partial charge in [0.1, 0.15) is 6.67 Å². The molecule has 1 fully saturated rings.